The lowest BCUT2D eigenvalue weighted by atomic mass is 10.1. The van der Waals surface area contributed by atoms with E-state index in [1.807, 2.05) is 55.1 Å². The average Bonchev–Trinajstić information content (AvgIpc) is 2.79. The molecule has 8 heteroatoms. The number of methoxy groups -OCH3 is 1. The van der Waals surface area contributed by atoms with Crippen LogP contribution in [0.1, 0.15) is 37.7 Å². The molecule has 32 heavy (non-hydrogen) atoms. The summed E-state index contributed by atoms with van der Waals surface area (Å²) in [6.45, 7) is 5.49. The van der Waals surface area contributed by atoms with Crippen LogP contribution in [0.4, 0.5) is 5.82 Å². The van der Waals surface area contributed by atoms with Gasteiger partial charge in [0.1, 0.15) is 11.6 Å². The summed E-state index contributed by atoms with van der Waals surface area (Å²) < 4.78 is 5.30. The number of nitrogens with one attached hydrogen (secondary N) is 1. The summed E-state index contributed by atoms with van der Waals surface area (Å²) in [6.07, 6.45) is 0.969. The molecule has 0 saturated carbocycles. The summed E-state index contributed by atoms with van der Waals surface area (Å²) in [5.74, 6) is 1.35. The van der Waals surface area contributed by atoms with Gasteiger partial charge in [0, 0.05) is 43.4 Å². The number of nitrogens with zero attached hydrogens (tertiary/aromatic N) is 3. The largest absolute Gasteiger partial charge is 0.383 e. The molecule has 0 radical (unpaired) electrons. The second-order valence-corrected chi connectivity index (χ2v) is 8.37. The number of rotatable bonds is 10. The number of hydrogen-bond acceptors (Lipinski definition) is 5. The normalized spacial score (nSPS) is 12.0. The number of hydrogen-bond donors (Lipinski definition) is 1. The number of fused-ring (bicyclic) bond motifs is 1. The van der Waals surface area contributed by atoms with Gasteiger partial charge in [-0.25, -0.2) is 9.97 Å². The zero-order valence-electron chi connectivity index (χ0n) is 18.6. The first-order valence-electron chi connectivity index (χ1n) is 10.7. The maximum atomic E-state index is 12.7. The van der Waals surface area contributed by atoms with Crippen molar-refractivity contribution < 1.29 is 9.53 Å². The molecule has 2 aromatic carbocycles. The van der Waals surface area contributed by atoms with Gasteiger partial charge in [-0.3, -0.25) is 4.79 Å². The van der Waals surface area contributed by atoms with Gasteiger partial charge in [0.2, 0.25) is 5.91 Å². The van der Waals surface area contributed by atoms with Crippen molar-refractivity contribution in [2.75, 3.05) is 31.7 Å². The van der Waals surface area contributed by atoms with Crippen LogP contribution in [0.5, 0.6) is 0 Å². The number of carbonyl (C=O) groups excluding carboxylic acids is 1. The summed E-state index contributed by atoms with van der Waals surface area (Å²) in [6, 6.07) is 13.3. The third-order valence-electron chi connectivity index (χ3n) is 5.21. The van der Waals surface area contributed by atoms with Crippen LogP contribution >= 0.6 is 23.2 Å². The Bertz CT molecular complexity index is 1060. The summed E-state index contributed by atoms with van der Waals surface area (Å²) in [5, 5.41) is 4.81. The summed E-state index contributed by atoms with van der Waals surface area (Å²) in [5.41, 5.74) is 1.72. The van der Waals surface area contributed by atoms with Gasteiger partial charge < -0.3 is 15.0 Å². The van der Waals surface area contributed by atoms with Crippen LogP contribution in [0.25, 0.3) is 10.9 Å². The molecule has 1 amide bonds. The van der Waals surface area contributed by atoms with E-state index >= 15 is 0 Å². The molecule has 1 N–H and O–H groups in total. The third-order valence-corrected chi connectivity index (χ3v) is 5.72. The van der Waals surface area contributed by atoms with Crippen molar-refractivity contribution in [1.29, 1.82) is 0 Å². The van der Waals surface area contributed by atoms with Gasteiger partial charge in [0.05, 0.1) is 23.2 Å². The number of aromatic nitrogens is 2. The van der Waals surface area contributed by atoms with Crippen LogP contribution in [-0.2, 0) is 16.0 Å². The molecule has 0 aliphatic heterocycles. The van der Waals surface area contributed by atoms with Gasteiger partial charge in [-0.2, -0.15) is 0 Å². The predicted molar refractivity (Wildman–Crippen MR) is 131 cm³/mol. The first-order valence-corrected chi connectivity index (χ1v) is 11.4. The minimum absolute atomic E-state index is 0.0334. The molecule has 3 aromatic rings. The molecular weight excluding hydrogens is 447 g/mol. The van der Waals surface area contributed by atoms with Gasteiger partial charge in [0.25, 0.3) is 0 Å². The molecule has 170 valence electrons. The second kappa shape index (κ2) is 11.5. The van der Waals surface area contributed by atoms with Crippen LogP contribution < -0.4 is 10.2 Å². The van der Waals surface area contributed by atoms with Gasteiger partial charge >= 0.3 is 0 Å². The van der Waals surface area contributed by atoms with E-state index in [4.69, 9.17) is 32.9 Å². The van der Waals surface area contributed by atoms with E-state index in [-0.39, 0.29) is 11.9 Å². The van der Waals surface area contributed by atoms with Crippen molar-refractivity contribution in [3.8, 4) is 0 Å². The van der Waals surface area contributed by atoms with E-state index in [2.05, 4.69) is 10.3 Å². The highest BCUT2D eigenvalue weighted by atomic mass is 35.5. The van der Waals surface area contributed by atoms with Crippen LogP contribution in [0, 0.1) is 0 Å². The smallest absolute Gasteiger partial charge is 0.222 e. The highest BCUT2D eigenvalue weighted by Gasteiger charge is 2.18. The van der Waals surface area contributed by atoms with E-state index in [0.717, 1.165) is 10.9 Å². The molecule has 1 aromatic heterocycles. The highest BCUT2D eigenvalue weighted by Crippen LogP contribution is 2.32. The van der Waals surface area contributed by atoms with Gasteiger partial charge in [-0.1, -0.05) is 60.5 Å². The number of carbonyl (C=O) groups is 1. The summed E-state index contributed by atoms with van der Waals surface area (Å²) in [4.78, 5) is 24.1. The van der Waals surface area contributed by atoms with Crippen molar-refractivity contribution in [2.45, 2.75) is 32.7 Å². The summed E-state index contributed by atoms with van der Waals surface area (Å²) >= 11 is 12.7. The lowest BCUT2D eigenvalue weighted by Crippen LogP contribution is -2.34. The average molecular weight is 475 g/mol. The molecule has 1 atom stereocenters. The fraction of sp³-hybridized carbons (Fsp3) is 0.375. The second-order valence-electron chi connectivity index (χ2n) is 7.53. The van der Waals surface area contributed by atoms with E-state index < -0.39 is 0 Å². The Morgan fingerprint density at radius 1 is 1.16 bits per heavy atom. The van der Waals surface area contributed by atoms with Crippen LogP contribution in [-0.4, -0.2) is 42.7 Å². The molecule has 0 spiro atoms. The maximum absolute atomic E-state index is 12.7. The number of ether oxygens (including phenoxy) is 1. The van der Waals surface area contributed by atoms with Crippen molar-refractivity contribution in [3.05, 3.63) is 63.9 Å². The maximum Gasteiger partial charge on any atom is 0.222 e. The Labute approximate surface area is 198 Å². The Kier molecular flexibility index (Phi) is 8.67. The van der Waals surface area contributed by atoms with E-state index in [0.29, 0.717) is 59.7 Å². The van der Waals surface area contributed by atoms with E-state index in [9.17, 15) is 4.79 Å². The SMILES string of the molecule is CCc1nc(N(CCOC)CCC(=O)N[C@@H](C)c2ccccc2)c2cc(Cl)cc(Cl)c2n1. The molecule has 0 fully saturated rings. The molecule has 0 bridgehead atoms. The minimum Gasteiger partial charge on any atom is -0.383 e. The standard InChI is InChI=1S/C24H28Cl2N4O2/c1-4-21-28-23-19(14-18(25)15-20(23)26)24(29-21)30(12-13-32-3)11-10-22(31)27-16(2)17-8-6-5-7-9-17/h5-9,14-16H,4,10-13H2,1-3H3,(H,27,31)/t16-/m0/s1. The number of anilines is 1. The van der Waals surface area contributed by atoms with Gasteiger partial charge in [0.15, 0.2) is 0 Å². The number of aryl methyl sites for hydroxylation is 1. The first kappa shape index (κ1) is 24.2. The lowest BCUT2D eigenvalue weighted by molar-refractivity contribution is -0.121. The topological polar surface area (TPSA) is 67.4 Å². The molecule has 0 saturated heterocycles. The minimum atomic E-state index is -0.0692. The molecule has 1 heterocycles. The molecule has 0 aliphatic carbocycles. The monoisotopic (exact) mass is 474 g/mol. The number of benzene rings is 2. The first-order chi connectivity index (χ1) is 15.4. The summed E-state index contributed by atoms with van der Waals surface area (Å²) in [7, 11) is 1.65. The van der Waals surface area contributed by atoms with Gasteiger partial charge in [-0.05, 0) is 24.6 Å². The van der Waals surface area contributed by atoms with E-state index in [1.54, 1.807) is 13.2 Å². The van der Waals surface area contributed by atoms with Crippen molar-refractivity contribution in [1.82, 2.24) is 15.3 Å². The zero-order chi connectivity index (χ0) is 23.1. The number of halogens is 2. The zero-order valence-corrected chi connectivity index (χ0v) is 20.1. The molecule has 3 rings (SSSR count). The third kappa shape index (κ3) is 6.09. The fourth-order valence-electron chi connectivity index (χ4n) is 3.49. The highest BCUT2D eigenvalue weighted by molar-refractivity contribution is 6.38. The van der Waals surface area contributed by atoms with Crippen molar-refractivity contribution in [3.63, 3.8) is 0 Å². The van der Waals surface area contributed by atoms with Crippen LogP contribution in [0.3, 0.4) is 0 Å². The number of amides is 1. The van der Waals surface area contributed by atoms with E-state index in [1.165, 1.54) is 0 Å². The Morgan fingerprint density at radius 2 is 1.91 bits per heavy atom. The van der Waals surface area contributed by atoms with Gasteiger partial charge in [-0.15, -0.1) is 0 Å². The Morgan fingerprint density at radius 3 is 2.59 bits per heavy atom. The van der Waals surface area contributed by atoms with Crippen molar-refractivity contribution >= 4 is 45.8 Å². The van der Waals surface area contributed by atoms with Crippen molar-refractivity contribution in [2.24, 2.45) is 0 Å². The fourth-order valence-corrected chi connectivity index (χ4v) is 4.02. The molecule has 6 nitrogen and oxygen atoms in total. The van der Waals surface area contributed by atoms with Crippen LogP contribution in [0.15, 0.2) is 42.5 Å². The molecular formula is C24H28Cl2N4O2. The quantitative estimate of drug-likeness (QED) is 0.436. The predicted octanol–water partition coefficient (Wildman–Crippen LogP) is 5.22. The Balaban J connectivity index is 1.83. The molecule has 0 unspecified atom stereocenters. The Hall–Kier alpha value is -2.41. The molecule has 0 aliphatic rings. The van der Waals surface area contributed by atoms with Crippen LogP contribution in [0.2, 0.25) is 10.0 Å². The lowest BCUT2D eigenvalue weighted by Gasteiger charge is -2.25.